The summed E-state index contributed by atoms with van der Waals surface area (Å²) in [6.45, 7) is 1.83. The molecule has 0 amide bonds. The van der Waals surface area contributed by atoms with Gasteiger partial charge in [-0.05, 0) is 6.92 Å². The van der Waals surface area contributed by atoms with Crippen LogP contribution in [0.3, 0.4) is 0 Å². The highest BCUT2D eigenvalue weighted by molar-refractivity contribution is 4.84. The first-order valence-corrected chi connectivity index (χ1v) is 2.45. The highest BCUT2D eigenvalue weighted by Gasteiger charge is 2.00. The fourth-order valence-corrected chi connectivity index (χ4v) is 0.459. The molecule has 44 valence electrons. The number of nitrogens with zero attached hydrogens (tertiary/aromatic N) is 1. The van der Waals surface area contributed by atoms with Gasteiger partial charge in [-0.25, -0.2) is 4.98 Å². The molecule has 1 heterocycles. The molecule has 0 aliphatic rings. The molecule has 0 aromatic carbocycles. The fourth-order valence-electron chi connectivity index (χ4n) is 0.459. The van der Waals surface area contributed by atoms with Gasteiger partial charge in [-0.15, -0.1) is 0 Å². The average Bonchev–Trinajstić information content (AvgIpc) is 2.12. The standard InChI is InChI=1S/C5H8N2O/c1-4(6)5-7-2-3-8-5/h2-4H,6H2,1H3/t4-/m1/s1. The Hall–Kier alpha value is -0.830. The van der Waals surface area contributed by atoms with Crippen molar-refractivity contribution in [3.05, 3.63) is 18.4 Å². The lowest BCUT2D eigenvalue weighted by atomic mass is 10.4. The maximum atomic E-state index is 5.40. The van der Waals surface area contributed by atoms with Gasteiger partial charge in [0.15, 0.2) is 0 Å². The second-order valence-electron chi connectivity index (χ2n) is 1.66. The molecule has 0 aliphatic heterocycles. The molecule has 1 aromatic heterocycles. The van der Waals surface area contributed by atoms with Crippen LogP contribution in [0.4, 0.5) is 0 Å². The van der Waals surface area contributed by atoms with Crippen LogP contribution < -0.4 is 5.73 Å². The largest absolute Gasteiger partial charge is 0.447 e. The molecule has 0 saturated heterocycles. The van der Waals surface area contributed by atoms with Crippen LogP contribution in [-0.4, -0.2) is 4.98 Å². The van der Waals surface area contributed by atoms with E-state index in [2.05, 4.69) is 4.98 Å². The highest BCUT2D eigenvalue weighted by Crippen LogP contribution is 2.03. The normalized spacial score (nSPS) is 13.8. The molecule has 8 heavy (non-hydrogen) atoms. The molecule has 0 spiro atoms. The first-order chi connectivity index (χ1) is 3.80. The van der Waals surface area contributed by atoms with E-state index >= 15 is 0 Å². The van der Waals surface area contributed by atoms with E-state index in [-0.39, 0.29) is 6.04 Å². The lowest BCUT2D eigenvalue weighted by Crippen LogP contribution is -2.04. The number of oxazole rings is 1. The van der Waals surface area contributed by atoms with Crippen molar-refractivity contribution >= 4 is 0 Å². The first kappa shape index (κ1) is 5.31. The predicted octanol–water partition coefficient (Wildman–Crippen LogP) is 0.694. The van der Waals surface area contributed by atoms with Crippen LogP contribution in [-0.2, 0) is 0 Å². The zero-order chi connectivity index (χ0) is 5.98. The molecule has 1 rings (SSSR count). The minimum Gasteiger partial charge on any atom is -0.447 e. The Morgan fingerprint density at radius 1 is 1.88 bits per heavy atom. The molecule has 2 N–H and O–H groups in total. The van der Waals surface area contributed by atoms with Gasteiger partial charge in [0, 0.05) is 0 Å². The third-order valence-electron chi connectivity index (χ3n) is 0.841. The van der Waals surface area contributed by atoms with E-state index in [1.807, 2.05) is 6.92 Å². The van der Waals surface area contributed by atoms with Crippen molar-refractivity contribution in [2.75, 3.05) is 0 Å². The van der Waals surface area contributed by atoms with Gasteiger partial charge in [-0.1, -0.05) is 0 Å². The van der Waals surface area contributed by atoms with Crippen LogP contribution in [0, 0.1) is 0 Å². The summed E-state index contributed by atoms with van der Waals surface area (Å²) < 4.78 is 4.86. The quantitative estimate of drug-likeness (QED) is 0.581. The van der Waals surface area contributed by atoms with Crippen molar-refractivity contribution in [2.24, 2.45) is 5.73 Å². The molecular formula is C5H8N2O. The zero-order valence-corrected chi connectivity index (χ0v) is 4.66. The maximum Gasteiger partial charge on any atom is 0.210 e. The van der Waals surface area contributed by atoms with Crippen LogP contribution >= 0.6 is 0 Å². The maximum absolute atomic E-state index is 5.40. The van der Waals surface area contributed by atoms with Gasteiger partial charge >= 0.3 is 0 Å². The topological polar surface area (TPSA) is 52.0 Å². The Bertz CT molecular complexity index is 145. The molecule has 0 aliphatic carbocycles. The van der Waals surface area contributed by atoms with Crippen molar-refractivity contribution in [3.8, 4) is 0 Å². The lowest BCUT2D eigenvalue weighted by Gasteiger charge is -1.93. The molecule has 3 nitrogen and oxygen atoms in total. The summed E-state index contributed by atoms with van der Waals surface area (Å²) >= 11 is 0. The second-order valence-corrected chi connectivity index (χ2v) is 1.66. The monoisotopic (exact) mass is 112 g/mol. The minimum absolute atomic E-state index is 0.0926. The van der Waals surface area contributed by atoms with Gasteiger partial charge in [0.05, 0.1) is 12.2 Å². The van der Waals surface area contributed by atoms with Gasteiger partial charge in [-0.3, -0.25) is 0 Å². The molecule has 1 atom stereocenters. The SMILES string of the molecule is C[C@@H](N)c1ncco1. The third kappa shape index (κ3) is 0.869. The van der Waals surface area contributed by atoms with E-state index in [9.17, 15) is 0 Å². The first-order valence-electron chi connectivity index (χ1n) is 2.45. The Morgan fingerprint density at radius 3 is 2.88 bits per heavy atom. The van der Waals surface area contributed by atoms with Crippen molar-refractivity contribution in [1.82, 2.24) is 4.98 Å². The van der Waals surface area contributed by atoms with Crippen molar-refractivity contribution in [3.63, 3.8) is 0 Å². The van der Waals surface area contributed by atoms with E-state index < -0.39 is 0 Å². The summed E-state index contributed by atoms with van der Waals surface area (Å²) in [5.74, 6) is 0.588. The zero-order valence-electron chi connectivity index (χ0n) is 4.66. The molecular weight excluding hydrogens is 104 g/mol. The third-order valence-corrected chi connectivity index (χ3v) is 0.841. The van der Waals surface area contributed by atoms with Gasteiger partial charge in [0.1, 0.15) is 6.26 Å². The summed E-state index contributed by atoms with van der Waals surface area (Å²) in [6.07, 6.45) is 3.09. The number of nitrogens with two attached hydrogens (primary N) is 1. The van der Waals surface area contributed by atoms with Crippen LogP contribution in [0.15, 0.2) is 16.9 Å². The van der Waals surface area contributed by atoms with Crippen molar-refractivity contribution < 1.29 is 4.42 Å². The Labute approximate surface area is 47.5 Å². The second kappa shape index (κ2) is 1.96. The molecule has 0 fully saturated rings. The minimum atomic E-state index is -0.0926. The van der Waals surface area contributed by atoms with E-state index in [1.165, 1.54) is 6.26 Å². The van der Waals surface area contributed by atoms with Crippen LogP contribution in [0.2, 0.25) is 0 Å². The fraction of sp³-hybridized carbons (Fsp3) is 0.400. The molecule has 0 unspecified atom stereocenters. The predicted molar refractivity (Wildman–Crippen MR) is 29.1 cm³/mol. The van der Waals surface area contributed by atoms with Gasteiger partial charge in [0.2, 0.25) is 5.89 Å². The van der Waals surface area contributed by atoms with Gasteiger partial charge < -0.3 is 10.2 Å². The molecule has 0 bridgehead atoms. The number of hydrogen-bond donors (Lipinski definition) is 1. The molecule has 1 aromatic rings. The van der Waals surface area contributed by atoms with Crippen molar-refractivity contribution in [1.29, 1.82) is 0 Å². The van der Waals surface area contributed by atoms with Crippen LogP contribution in [0.25, 0.3) is 0 Å². The van der Waals surface area contributed by atoms with Crippen LogP contribution in [0.5, 0.6) is 0 Å². The highest BCUT2D eigenvalue weighted by atomic mass is 16.3. The summed E-state index contributed by atoms with van der Waals surface area (Å²) in [5.41, 5.74) is 5.40. The summed E-state index contributed by atoms with van der Waals surface area (Å²) in [5, 5.41) is 0. The van der Waals surface area contributed by atoms with Gasteiger partial charge in [-0.2, -0.15) is 0 Å². The van der Waals surface area contributed by atoms with E-state index in [1.54, 1.807) is 6.20 Å². The van der Waals surface area contributed by atoms with E-state index in [0.717, 1.165) is 0 Å². The van der Waals surface area contributed by atoms with Gasteiger partial charge in [0.25, 0.3) is 0 Å². The molecule has 0 saturated carbocycles. The Kier molecular flexibility index (Phi) is 1.30. The Balaban J connectivity index is 2.77. The summed E-state index contributed by atoms with van der Waals surface area (Å²) in [4.78, 5) is 3.82. The van der Waals surface area contributed by atoms with Crippen molar-refractivity contribution in [2.45, 2.75) is 13.0 Å². The molecule has 3 heteroatoms. The smallest absolute Gasteiger partial charge is 0.210 e. The molecule has 0 radical (unpaired) electrons. The van der Waals surface area contributed by atoms with E-state index in [4.69, 9.17) is 10.2 Å². The lowest BCUT2D eigenvalue weighted by molar-refractivity contribution is 0.463. The Morgan fingerprint density at radius 2 is 2.62 bits per heavy atom. The number of rotatable bonds is 1. The number of aromatic nitrogens is 1. The number of hydrogen-bond acceptors (Lipinski definition) is 3. The average molecular weight is 112 g/mol. The summed E-state index contributed by atoms with van der Waals surface area (Å²) in [7, 11) is 0. The summed E-state index contributed by atoms with van der Waals surface area (Å²) in [6, 6.07) is -0.0926. The van der Waals surface area contributed by atoms with Crippen LogP contribution in [0.1, 0.15) is 18.9 Å². The van der Waals surface area contributed by atoms with E-state index in [0.29, 0.717) is 5.89 Å².